The summed E-state index contributed by atoms with van der Waals surface area (Å²) < 4.78 is 33.7. The number of amides is 1. The Labute approximate surface area is 157 Å². The number of nitrogens with zero attached hydrogens (tertiary/aromatic N) is 1. The van der Waals surface area contributed by atoms with Gasteiger partial charge in [-0.2, -0.15) is 0 Å². The van der Waals surface area contributed by atoms with E-state index in [4.69, 9.17) is 4.42 Å². The molecule has 0 unspecified atom stereocenters. The number of halogens is 2. The number of carbonyl (C=O) groups excluding carboxylic acids is 1. The molecule has 7 heteroatoms. The van der Waals surface area contributed by atoms with Crippen LogP contribution in [0.3, 0.4) is 0 Å². The second kappa shape index (κ2) is 7.11. The van der Waals surface area contributed by atoms with Crippen LogP contribution in [-0.4, -0.2) is 10.5 Å². The monoisotopic (exact) mass is 380 g/mol. The van der Waals surface area contributed by atoms with E-state index in [9.17, 15) is 18.4 Å². The fourth-order valence-electron chi connectivity index (χ4n) is 3.00. The van der Waals surface area contributed by atoms with E-state index in [0.717, 1.165) is 16.7 Å². The van der Waals surface area contributed by atoms with Gasteiger partial charge < -0.3 is 9.73 Å². The predicted molar refractivity (Wildman–Crippen MR) is 99.3 cm³/mol. The van der Waals surface area contributed by atoms with E-state index in [-0.39, 0.29) is 23.2 Å². The lowest BCUT2D eigenvalue weighted by molar-refractivity contribution is 0.0949. The number of pyridine rings is 1. The highest BCUT2D eigenvalue weighted by atomic mass is 19.1. The molecule has 2 heterocycles. The van der Waals surface area contributed by atoms with E-state index >= 15 is 0 Å². The zero-order chi connectivity index (χ0) is 19.7. The van der Waals surface area contributed by atoms with E-state index in [2.05, 4.69) is 5.32 Å². The Bertz CT molecular complexity index is 1230. The summed E-state index contributed by atoms with van der Waals surface area (Å²) in [4.78, 5) is 25.6. The van der Waals surface area contributed by atoms with Gasteiger partial charge in [0.25, 0.3) is 11.5 Å². The summed E-state index contributed by atoms with van der Waals surface area (Å²) in [6.07, 6.45) is 2.76. The first kappa shape index (κ1) is 17.7. The first-order valence-corrected chi connectivity index (χ1v) is 8.45. The molecule has 0 atom stereocenters. The van der Waals surface area contributed by atoms with Crippen LogP contribution in [0.4, 0.5) is 8.78 Å². The number of aromatic nitrogens is 1. The summed E-state index contributed by atoms with van der Waals surface area (Å²) in [7, 11) is 0. The summed E-state index contributed by atoms with van der Waals surface area (Å²) in [6, 6.07) is 12.9. The quantitative estimate of drug-likeness (QED) is 0.586. The maximum Gasteiger partial charge on any atom is 0.263 e. The highest BCUT2D eigenvalue weighted by molar-refractivity contribution is 6.06. The van der Waals surface area contributed by atoms with Crippen molar-refractivity contribution in [1.82, 2.24) is 9.88 Å². The second-order valence-corrected chi connectivity index (χ2v) is 6.12. The third kappa shape index (κ3) is 3.18. The maximum atomic E-state index is 14.3. The minimum absolute atomic E-state index is 0.141. The number of hydrogen-bond donors (Lipinski definition) is 1. The smallest absolute Gasteiger partial charge is 0.263 e. The largest absolute Gasteiger partial charge is 0.467 e. The van der Waals surface area contributed by atoms with E-state index in [0.29, 0.717) is 17.2 Å². The molecule has 140 valence electrons. The van der Waals surface area contributed by atoms with E-state index in [1.54, 1.807) is 36.4 Å². The van der Waals surface area contributed by atoms with Gasteiger partial charge in [0.05, 0.1) is 24.1 Å². The van der Waals surface area contributed by atoms with Crippen LogP contribution in [0.25, 0.3) is 16.5 Å². The summed E-state index contributed by atoms with van der Waals surface area (Å²) in [5, 5.41) is 3.39. The third-order valence-electron chi connectivity index (χ3n) is 4.34. The third-order valence-corrected chi connectivity index (χ3v) is 4.34. The zero-order valence-electron chi connectivity index (χ0n) is 14.5. The van der Waals surface area contributed by atoms with Crippen molar-refractivity contribution in [2.45, 2.75) is 6.54 Å². The zero-order valence-corrected chi connectivity index (χ0v) is 14.5. The predicted octanol–water partition coefficient (Wildman–Crippen LogP) is 3.79. The number of benzene rings is 2. The van der Waals surface area contributed by atoms with Gasteiger partial charge in [-0.15, -0.1) is 0 Å². The van der Waals surface area contributed by atoms with Gasteiger partial charge in [-0.25, -0.2) is 8.78 Å². The minimum atomic E-state index is -0.903. The van der Waals surface area contributed by atoms with E-state index in [1.165, 1.54) is 12.5 Å². The molecule has 0 aliphatic carbocycles. The average Bonchev–Trinajstić information content (AvgIpc) is 3.21. The van der Waals surface area contributed by atoms with Crippen LogP contribution in [-0.2, 0) is 6.54 Å². The highest BCUT2D eigenvalue weighted by Gasteiger charge is 2.17. The number of hydrogen-bond acceptors (Lipinski definition) is 3. The van der Waals surface area contributed by atoms with Crippen molar-refractivity contribution >= 4 is 16.7 Å². The molecule has 1 amide bonds. The molecule has 0 bridgehead atoms. The Balaban J connectivity index is 1.84. The van der Waals surface area contributed by atoms with E-state index in [1.807, 2.05) is 0 Å². The molecule has 0 aliphatic rings. The Morgan fingerprint density at radius 2 is 1.82 bits per heavy atom. The van der Waals surface area contributed by atoms with Crippen molar-refractivity contribution in [2.24, 2.45) is 0 Å². The molecule has 28 heavy (non-hydrogen) atoms. The van der Waals surface area contributed by atoms with Gasteiger partial charge in [0.2, 0.25) is 0 Å². The van der Waals surface area contributed by atoms with Crippen LogP contribution in [0.5, 0.6) is 0 Å². The fraction of sp³-hybridized carbons (Fsp3) is 0.0476. The molecule has 1 N–H and O–H groups in total. The molecule has 0 saturated carbocycles. The molecule has 4 aromatic rings. The van der Waals surface area contributed by atoms with Crippen LogP contribution < -0.4 is 10.9 Å². The van der Waals surface area contributed by atoms with Crippen LogP contribution >= 0.6 is 0 Å². The van der Waals surface area contributed by atoms with Crippen molar-refractivity contribution in [1.29, 1.82) is 0 Å². The first-order valence-electron chi connectivity index (χ1n) is 8.45. The lowest BCUT2D eigenvalue weighted by Crippen LogP contribution is -2.27. The average molecular weight is 380 g/mol. The standard InChI is InChI=1S/C21H14F2N2O3/c22-13-7-8-19(18(23)10-13)25-12-17(15-5-1-2-6-16(15)21(25)27)20(26)24-11-14-4-3-9-28-14/h1-10,12H,11H2,(H,24,26). The van der Waals surface area contributed by atoms with Gasteiger partial charge in [0, 0.05) is 23.0 Å². The Morgan fingerprint density at radius 3 is 2.54 bits per heavy atom. The van der Waals surface area contributed by atoms with E-state index < -0.39 is 23.1 Å². The number of rotatable bonds is 4. The molecule has 2 aromatic carbocycles. The molecule has 2 aromatic heterocycles. The van der Waals surface area contributed by atoms with Crippen LogP contribution in [0.2, 0.25) is 0 Å². The van der Waals surface area contributed by atoms with Crippen molar-refractivity contribution in [2.75, 3.05) is 0 Å². The molecular formula is C21H14F2N2O3. The Morgan fingerprint density at radius 1 is 1.04 bits per heavy atom. The maximum absolute atomic E-state index is 14.3. The Hall–Kier alpha value is -3.74. The Kier molecular flexibility index (Phi) is 4.49. The summed E-state index contributed by atoms with van der Waals surface area (Å²) in [5.74, 6) is -1.55. The van der Waals surface area contributed by atoms with Gasteiger partial charge >= 0.3 is 0 Å². The number of nitrogens with one attached hydrogen (secondary N) is 1. The van der Waals surface area contributed by atoms with Crippen molar-refractivity contribution in [3.8, 4) is 5.69 Å². The van der Waals surface area contributed by atoms with Crippen LogP contribution in [0, 0.1) is 11.6 Å². The topological polar surface area (TPSA) is 64.2 Å². The van der Waals surface area contributed by atoms with Crippen LogP contribution in [0.15, 0.2) is 76.3 Å². The fourth-order valence-corrected chi connectivity index (χ4v) is 3.00. The molecule has 5 nitrogen and oxygen atoms in total. The van der Waals surface area contributed by atoms with Gasteiger partial charge in [0.1, 0.15) is 17.4 Å². The lowest BCUT2D eigenvalue weighted by atomic mass is 10.1. The van der Waals surface area contributed by atoms with Crippen molar-refractivity contribution < 1.29 is 18.0 Å². The SMILES string of the molecule is O=C(NCc1ccco1)c1cn(-c2ccc(F)cc2F)c(=O)c2ccccc12. The second-order valence-electron chi connectivity index (χ2n) is 6.12. The number of carbonyl (C=O) groups is 1. The van der Waals surface area contributed by atoms with Gasteiger partial charge in [-0.1, -0.05) is 18.2 Å². The minimum Gasteiger partial charge on any atom is -0.467 e. The van der Waals surface area contributed by atoms with Crippen molar-refractivity contribution in [3.63, 3.8) is 0 Å². The number of furan rings is 1. The normalized spacial score (nSPS) is 10.9. The summed E-state index contributed by atoms with van der Waals surface area (Å²) in [5.41, 5.74) is -0.466. The van der Waals surface area contributed by atoms with Gasteiger partial charge in [-0.05, 0) is 30.3 Å². The van der Waals surface area contributed by atoms with Crippen LogP contribution in [0.1, 0.15) is 16.1 Å². The first-order chi connectivity index (χ1) is 13.5. The molecule has 4 rings (SSSR count). The molecule has 0 spiro atoms. The molecule has 0 fully saturated rings. The molecule has 0 radical (unpaired) electrons. The summed E-state index contributed by atoms with van der Waals surface area (Å²) >= 11 is 0. The molecule has 0 saturated heterocycles. The lowest BCUT2D eigenvalue weighted by Gasteiger charge is -2.13. The van der Waals surface area contributed by atoms with Gasteiger partial charge in [0.15, 0.2) is 0 Å². The molecular weight excluding hydrogens is 366 g/mol. The number of fused-ring (bicyclic) bond motifs is 1. The molecule has 0 aliphatic heterocycles. The summed E-state index contributed by atoms with van der Waals surface area (Å²) in [6.45, 7) is 0.157. The highest BCUT2D eigenvalue weighted by Crippen LogP contribution is 2.20. The van der Waals surface area contributed by atoms with Crippen molar-refractivity contribution in [3.05, 3.63) is 100 Å². The van der Waals surface area contributed by atoms with Gasteiger partial charge in [-0.3, -0.25) is 14.2 Å².